The molecule has 1 unspecified atom stereocenters. The number of aromatic nitrogens is 2. The average molecular weight is 421 g/mol. The summed E-state index contributed by atoms with van der Waals surface area (Å²) in [5.74, 6) is -0.627. The molecule has 1 aliphatic carbocycles. The van der Waals surface area contributed by atoms with E-state index in [9.17, 15) is 9.59 Å². The van der Waals surface area contributed by atoms with Gasteiger partial charge in [-0.2, -0.15) is 0 Å². The molecule has 0 aliphatic heterocycles. The third-order valence-corrected chi connectivity index (χ3v) is 6.81. The lowest BCUT2D eigenvalue weighted by Crippen LogP contribution is -2.20. The number of carbonyl (C=O) groups is 2. The minimum Gasteiger partial charge on any atom is -0.301 e. The smallest absolute Gasteiger partial charge is 0.257 e. The Labute approximate surface area is 174 Å². The Morgan fingerprint density at radius 3 is 2.48 bits per heavy atom. The highest BCUT2D eigenvalue weighted by Gasteiger charge is 2.33. The van der Waals surface area contributed by atoms with Crippen molar-refractivity contribution in [2.45, 2.75) is 18.8 Å². The monoisotopic (exact) mass is 420 g/mol. The molecule has 2 aromatic carbocycles. The lowest BCUT2D eigenvalue weighted by atomic mass is 10.1. The second-order valence-corrected chi connectivity index (χ2v) is 8.83. The van der Waals surface area contributed by atoms with Gasteiger partial charge in [-0.1, -0.05) is 41.7 Å². The maximum absolute atomic E-state index is 12.8. The number of benzene rings is 2. The lowest BCUT2D eigenvalue weighted by Gasteiger charge is -2.08. The molecule has 0 bridgehead atoms. The largest absolute Gasteiger partial charge is 0.301 e. The van der Waals surface area contributed by atoms with Gasteiger partial charge in [-0.05, 0) is 37.1 Å². The molecule has 5 rings (SSSR count). The minimum atomic E-state index is -0.323. The van der Waals surface area contributed by atoms with Crippen LogP contribution in [0.15, 0.2) is 54.6 Å². The summed E-state index contributed by atoms with van der Waals surface area (Å²) in [6.45, 7) is 0. The average Bonchev–Trinajstić information content (AvgIpc) is 3.41. The van der Waals surface area contributed by atoms with Crippen molar-refractivity contribution >= 4 is 55.0 Å². The van der Waals surface area contributed by atoms with E-state index < -0.39 is 0 Å². The number of rotatable bonds is 4. The SMILES string of the molecule is O=C(Nc1nc2c(s1)CCC2C(=O)Nc1nc2ccccc2s1)c1ccccc1. The van der Waals surface area contributed by atoms with Crippen molar-refractivity contribution in [2.75, 3.05) is 10.6 Å². The molecular formula is C21H16N4O2S2. The maximum Gasteiger partial charge on any atom is 0.257 e. The molecule has 0 spiro atoms. The van der Waals surface area contributed by atoms with Crippen LogP contribution in [0.2, 0.25) is 0 Å². The van der Waals surface area contributed by atoms with Crippen molar-refractivity contribution in [1.82, 2.24) is 9.97 Å². The first-order valence-corrected chi connectivity index (χ1v) is 10.8. The highest BCUT2D eigenvalue weighted by Crippen LogP contribution is 2.39. The number of nitrogens with one attached hydrogen (secondary N) is 2. The molecule has 2 amide bonds. The zero-order valence-corrected chi connectivity index (χ0v) is 16.8. The van der Waals surface area contributed by atoms with Crippen LogP contribution in [0.4, 0.5) is 10.3 Å². The second kappa shape index (κ2) is 7.38. The van der Waals surface area contributed by atoms with E-state index in [1.807, 2.05) is 42.5 Å². The molecular weight excluding hydrogens is 404 g/mol. The molecule has 2 aromatic heterocycles. The van der Waals surface area contributed by atoms with E-state index in [1.54, 1.807) is 12.1 Å². The van der Waals surface area contributed by atoms with Gasteiger partial charge in [0.15, 0.2) is 10.3 Å². The van der Waals surface area contributed by atoms with Crippen molar-refractivity contribution in [2.24, 2.45) is 0 Å². The molecule has 4 aromatic rings. The highest BCUT2D eigenvalue weighted by molar-refractivity contribution is 7.22. The molecule has 1 atom stereocenters. The topological polar surface area (TPSA) is 84.0 Å². The summed E-state index contributed by atoms with van der Waals surface area (Å²) < 4.78 is 1.04. The van der Waals surface area contributed by atoms with Crippen LogP contribution in [0.5, 0.6) is 0 Å². The van der Waals surface area contributed by atoms with Crippen LogP contribution in [-0.2, 0) is 11.2 Å². The molecule has 29 heavy (non-hydrogen) atoms. The molecule has 8 heteroatoms. The van der Waals surface area contributed by atoms with E-state index in [1.165, 1.54) is 22.7 Å². The first kappa shape index (κ1) is 18.0. The van der Waals surface area contributed by atoms with Crippen LogP contribution in [-0.4, -0.2) is 21.8 Å². The summed E-state index contributed by atoms with van der Waals surface area (Å²) in [5.41, 5.74) is 2.21. The number of carbonyl (C=O) groups excluding carboxylic acids is 2. The van der Waals surface area contributed by atoms with Gasteiger partial charge in [0.25, 0.3) is 5.91 Å². The number of amides is 2. The molecule has 2 heterocycles. The Kier molecular flexibility index (Phi) is 4.57. The normalized spacial score (nSPS) is 15.2. The number of hydrogen-bond acceptors (Lipinski definition) is 6. The first-order chi connectivity index (χ1) is 14.2. The predicted molar refractivity (Wildman–Crippen MR) is 116 cm³/mol. The number of anilines is 2. The van der Waals surface area contributed by atoms with E-state index in [0.29, 0.717) is 15.8 Å². The van der Waals surface area contributed by atoms with Crippen LogP contribution >= 0.6 is 22.7 Å². The molecule has 0 saturated carbocycles. The van der Waals surface area contributed by atoms with E-state index in [4.69, 9.17) is 0 Å². The Morgan fingerprint density at radius 2 is 1.66 bits per heavy atom. The number of para-hydroxylation sites is 1. The van der Waals surface area contributed by atoms with Gasteiger partial charge in [0.1, 0.15) is 0 Å². The Balaban J connectivity index is 1.31. The van der Waals surface area contributed by atoms with Crippen molar-refractivity contribution in [3.63, 3.8) is 0 Å². The summed E-state index contributed by atoms with van der Waals surface area (Å²) in [7, 11) is 0. The van der Waals surface area contributed by atoms with Crippen LogP contribution in [0.1, 0.15) is 33.3 Å². The van der Waals surface area contributed by atoms with Crippen molar-refractivity contribution in [1.29, 1.82) is 0 Å². The number of aryl methyl sites for hydroxylation is 1. The van der Waals surface area contributed by atoms with E-state index in [-0.39, 0.29) is 17.7 Å². The molecule has 2 N–H and O–H groups in total. The fourth-order valence-corrected chi connectivity index (χ4v) is 5.32. The number of nitrogens with zero attached hydrogens (tertiary/aromatic N) is 2. The van der Waals surface area contributed by atoms with Gasteiger partial charge >= 0.3 is 0 Å². The van der Waals surface area contributed by atoms with Gasteiger partial charge < -0.3 is 5.32 Å². The zero-order chi connectivity index (χ0) is 19.8. The first-order valence-electron chi connectivity index (χ1n) is 9.20. The molecule has 6 nitrogen and oxygen atoms in total. The van der Waals surface area contributed by atoms with Crippen LogP contribution < -0.4 is 10.6 Å². The Bertz CT molecular complexity index is 1180. The van der Waals surface area contributed by atoms with Gasteiger partial charge in [-0.25, -0.2) is 9.97 Å². The van der Waals surface area contributed by atoms with E-state index in [0.717, 1.165) is 33.6 Å². The van der Waals surface area contributed by atoms with Gasteiger partial charge in [0.2, 0.25) is 5.91 Å². The van der Waals surface area contributed by atoms with Gasteiger partial charge in [-0.15, -0.1) is 11.3 Å². The molecule has 1 aliphatic rings. The summed E-state index contributed by atoms with van der Waals surface area (Å²) in [6, 6.07) is 16.8. The van der Waals surface area contributed by atoms with E-state index >= 15 is 0 Å². The predicted octanol–water partition coefficient (Wildman–Crippen LogP) is 4.67. The van der Waals surface area contributed by atoms with Gasteiger partial charge in [-0.3, -0.25) is 14.9 Å². The van der Waals surface area contributed by atoms with Crippen LogP contribution in [0.3, 0.4) is 0 Å². The highest BCUT2D eigenvalue weighted by atomic mass is 32.1. The maximum atomic E-state index is 12.8. The third-order valence-electron chi connectivity index (χ3n) is 4.81. The summed E-state index contributed by atoms with van der Waals surface area (Å²) >= 11 is 2.90. The molecule has 0 saturated heterocycles. The van der Waals surface area contributed by atoms with Crippen molar-refractivity contribution in [3.8, 4) is 0 Å². The standard InChI is InChI=1S/C21H16N4O2S2/c26-18(12-6-2-1-3-7-12)24-21-23-17-13(10-11-16(17)29-21)19(27)25-20-22-14-8-4-5-9-15(14)28-20/h1-9,13H,10-11H2,(H,22,25,27)(H,23,24,26). The van der Waals surface area contributed by atoms with Crippen molar-refractivity contribution in [3.05, 3.63) is 70.7 Å². The van der Waals surface area contributed by atoms with Crippen LogP contribution in [0, 0.1) is 0 Å². The number of fused-ring (bicyclic) bond motifs is 2. The number of thiazole rings is 2. The Morgan fingerprint density at radius 1 is 0.897 bits per heavy atom. The van der Waals surface area contributed by atoms with Crippen LogP contribution in [0.25, 0.3) is 10.2 Å². The summed E-state index contributed by atoms with van der Waals surface area (Å²) in [4.78, 5) is 35.3. The fraction of sp³-hybridized carbons (Fsp3) is 0.143. The van der Waals surface area contributed by atoms with Crippen molar-refractivity contribution < 1.29 is 9.59 Å². The second-order valence-electron chi connectivity index (χ2n) is 6.71. The van der Waals surface area contributed by atoms with Gasteiger partial charge in [0.05, 0.1) is 21.8 Å². The zero-order valence-electron chi connectivity index (χ0n) is 15.2. The quantitative estimate of drug-likeness (QED) is 0.502. The Hall–Kier alpha value is -3.10. The minimum absolute atomic E-state index is 0.103. The molecule has 0 fully saturated rings. The lowest BCUT2D eigenvalue weighted by molar-refractivity contribution is -0.117. The molecule has 0 radical (unpaired) electrons. The molecule has 144 valence electrons. The van der Waals surface area contributed by atoms with Gasteiger partial charge in [0, 0.05) is 10.4 Å². The number of hydrogen-bond donors (Lipinski definition) is 2. The van der Waals surface area contributed by atoms with E-state index in [2.05, 4.69) is 20.6 Å². The fourth-order valence-electron chi connectivity index (χ4n) is 3.41. The summed E-state index contributed by atoms with van der Waals surface area (Å²) in [5, 5.41) is 6.90. The third kappa shape index (κ3) is 3.52. The summed E-state index contributed by atoms with van der Waals surface area (Å²) in [6.07, 6.45) is 1.50.